The van der Waals surface area contributed by atoms with Gasteiger partial charge in [0, 0.05) is 5.56 Å². The number of rotatable bonds is 3. The summed E-state index contributed by atoms with van der Waals surface area (Å²) >= 11 is 0. The van der Waals surface area contributed by atoms with Gasteiger partial charge >= 0.3 is 0 Å². The quantitative estimate of drug-likeness (QED) is 0.722. The van der Waals surface area contributed by atoms with Crippen molar-refractivity contribution < 1.29 is 4.74 Å². The van der Waals surface area contributed by atoms with Crippen LogP contribution in [0.3, 0.4) is 0 Å². The maximum atomic E-state index is 5.52. The van der Waals surface area contributed by atoms with E-state index in [9.17, 15) is 0 Å². The molecule has 15 heavy (non-hydrogen) atoms. The fraction of sp³-hybridized carbons (Fsp3) is 0.429. The van der Waals surface area contributed by atoms with E-state index in [1.807, 2.05) is 19.1 Å². The molecule has 1 nitrogen and oxygen atoms in total. The summed E-state index contributed by atoms with van der Waals surface area (Å²) in [5.41, 5.74) is 2.55. The molecule has 82 valence electrons. The number of ether oxygens (including phenoxy) is 1. The maximum Gasteiger partial charge on any atom is 0.126 e. The Labute approximate surface area is 92.8 Å². The molecule has 0 fully saturated rings. The first-order chi connectivity index (χ1) is 6.99. The highest BCUT2D eigenvalue weighted by molar-refractivity contribution is 5.57. The third-order valence-corrected chi connectivity index (χ3v) is 2.40. The molecular weight excluding hydrogens is 184 g/mol. The second-order valence-electron chi connectivity index (χ2n) is 4.64. The lowest BCUT2D eigenvalue weighted by Gasteiger charge is -2.20. The molecule has 0 radical (unpaired) electrons. The highest BCUT2D eigenvalue weighted by Crippen LogP contribution is 2.28. The smallest absolute Gasteiger partial charge is 0.126 e. The molecule has 0 aromatic heterocycles. The van der Waals surface area contributed by atoms with Gasteiger partial charge in [-0.05, 0) is 30.0 Å². The first kappa shape index (κ1) is 11.8. The zero-order chi connectivity index (χ0) is 11.5. The average molecular weight is 204 g/mol. The molecule has 0 atom stereocenters. The van der Waals surface area contributed by atoms with Gasteiger partial charge in [0.05, 0.1) is 6.61 Å². The second-order valence-corrected chi connectivity index (χ2v) is 4.64. The van der Waals surface area contributed by atoms with Crippen molar-refractivity contribution in [3.63, 3.8) is 0 Å². The predicted octanol–water partition coefficient (Wildman–Crippen LogP) is 4.03. The number of hydrogen-bond acceptors (Lipinski definition) is 1. The topological polar surface area (TPSA) is 9.23 Å². The first-order valence-corrected chi connectivity index (χ1v) is 5.38. The van der Waals surface area contributed by atoms with Gasteiger partial charge in [-0.1, -0.05) is 39.5 Å². The zero-order valence-corrected chi connectivity index (χ0v) is 10.1. The summed E-state index contributed by atoms with van der Waals surface area (Å²) < 4.78 is 5.52. The Kier molecular flexibility index (Phi) is 3.57. The van der Waals surface area contributed by atoms with Gasteiger partial charge in [-0.2, -0.15) is 0 Å². The van der Waals surface area contributed by atoms with Crippen LogP contribution in [0.4, 0.5) is 0 Å². The van der Waals surface area contributed by atoms with Gasteiger partial charge in [0.2, 0.25) is 0 Å². The molecular formula is C14H20O. The molecule has 1 rings (SSSR count). The summed E-state index contributed by atoms with van der Waals surface area (Å²) in [7, 11) is 0. The lowest BCUT2D eigenvalue weighted by atomic mass is 9.86. The number of hydrogen-bond donors (Lipinski definition) is 0. The molecule has 1 aromatic carbocycles. The van der Waals surface area contributed by atoms with Crippen LogP contribution in [0.15, 0.2) is 24.8 Å². The van der Waals surface area contributed by atoms with E-state index in [4.69, 9.17) is 4.74 Å². The molecule has 1 aromatic rings. The van der Waals surface area contributed by atoms with E-state index in [0.29, 0.717) is 6.61 Å². The van der Waals surface area contributed by atoms with Gasteiger partial charge in [0.15, 0.2) is 0 Å². The number of benzene rings is 1. The summed E-state index contributed by atoms with van der Waals surface area (Å²) in [4.78, 5) is 0. The van der Waals surface area contributed by atoms with Crippen molar-refractivity contribution in [1.29, 1.82) is 0 Å². The minimum absolute atomic E-state index is 0.169. The van der Waals surface area contributed by atoms with Crippen LogP contribution in [0.1, 0.15) is 38.8 Å². The van der Waals surface area contributed by atoms with Gasteiger partial charge in [-0.3, -0.25) is 0 Å². The Hall–Kier alpha value is -1.24. The summed E-state index contributed by atoms with van der Waals surface area (Å²) in [6.07, 6.45) is 1.85. The molecule has 1 heteroatoms. The minimum atomic E-state index is 0.169. The van der Waals surface area contributed by atoms with Crippen molar-refractivity contribution in [1.82, 2.24) is 0 Å². The fourth-order valence-electron chi connectivity index (χ4n) is 1.46. The molecule has 0 aliphatic rings. The van der Waals surface area contributed by atoms with Gasteiger partial charge in [-0.15, -0.1) is 0 Å². The van der Waals surface area contributed by atoms with Gasteiger partial charge < -0.3 is 4.74 Å². The molecule has 0 aliphatic carbocycles. The Morgan fingerprint density at radius 1 is 1.33 bits per heavy atom. The van der Waals surface area contributed by atoms with Gasteiger partial charge in [0.1, 0.15) is 5.75 Å². The summed E-state index contributed by atoms with van der Waals surface area (Å²) in [6, 6.07) is 6.30. The third-order valence-electron chi connectivity index (χ3n) is 2.40. The van der Waals surface area contributed by atoms with Crippen LogP contribution in [0.25, 0.3) is 6.08 Å². The van der Waals surface area contributed by atoms with E-state index in [1.54, 1.807) is 0 Å². The van der Waals surface area contributed by atoms with Crippen LogP contribution in [0, 0.1) is 0 Å². The standard InChI is InChI=1S/C14H20O/c1-6-11-10-12(14(3,4)5)8-9-13(11)15-7-2/h6,8-10H,1,7H2,2-5H3. The van der Waals surface area contributed by atoms with Crippen molar-refractivity contribution in [3.8, 4) is 5.75 Å². The van der Waals surface area contributed by atoms with Crippen LogP contribution >= 0.6 is 0 Å². The monoisotopic (exact) mass is 204 g/mol. The maximum absolute atomic E-state index is 5.52. The Balaban J connectivity index is 3.13. The predicted molar refractivity (Wildman–Crippen MR) is 66.4 cm³/mol. The van der Waals surface area contributed by atoms with Crippen molar-refractivity contribution in [3.05, 3.63) is 35.9 Å². The largest absolute Gasteiger partial charge is 0.493 e. The molecule has 0 heterocycles. The van der Waals surface area contributed by atoms with Crippen LogP contribution < -0.4 is 4.74 Å². The van der Waals surface area contributed by atoms with Gasteiger partial charge in [0.25, 0.3) is 0 Å². The minimum Gasteiger partial charge on any atom is -0.493 e. The third kappa shape index (κ3) is 2.85. The van der Waals surface area contributed by atoms with Gasteiger partial charge in [-0.25, -0.2) is 0 Å². The van der Waals surface area contributed by atoms with E-state index in [0.717, 1.165) is 11.3 Å². The van der Waals surface area contributed by atoms with Crippen LogP contribution in [0.2, 0.25) is 0 Å². The molecule has 0 aliphatic heterocycles. The molecule has 0 N–H and O–H groups in total. The van der Waals surface area contributed by atoms with Crippen LogP contribution in [-0.2, 0) is 5.41 Å². The normalized spacial score (nSPS) is 11.2. The highest BCUT2D eigenvalue weighted by Gasteiger charge is 2.14. The summed E-state index contributed by atoms with van der Waals surface area (Å²) in [5, 5.41) is 0. The average Bonchev–Trinajstić information content (AvgIpc) is 2.17. The van der Waals surface area contributed by atoms with E-state index >= 15 is 0 Å². The van der Waals surface area contributed by atoms with E-state index in [2.05, 4.69) is 39.5 Å². The van der Waals surface area contributed by atoms with Crippen molar-refractivity contribution in [2.75, 3.05) is 6.61 Å². The van der Waals surface area contributed by atoms with Crippen molar-refractivity contribution >= 4 is 6.08 Å². The molecule has 0 saturated heterocycles. The van der Waals surface area contributed by atoms with Crippen molar-refractivity contribution in [2.24, 2.45) is 0 Å². The lowest BCUT2D eigenvalue weighted by molar-refractivity contribution is 0.339. The Bertz CT molecular complexity index is 345. The van der Waals surface area contributed by atoms with Crippen LogP contribution in [0.5, 0.6) is 5.75 Å². The summed E-state index contributed by atoms with van der Waals surface area (Å²) in [5.74, 6) is 0.917. The highest BCUT2D eigenvalue weighted by atomic mass is 16.5. The zero-order valence-electron chi connectivity index (χ0n) is 10.1. The van der Waals surface area contributed by atoms with Crippen LogP contribution in [-0.4, -0.2) is 6.61 Å². The van der Waals surface area contributed by atoms with Crippen molar-refractivity contribution in [2.45, 2.75) is 33.1 Å². The van der Waals surface area contributed by atoms with E-state index < -0.39 is 0 Å². The fourth-order valence-corrected chi connectivity index (χ4v) is 1.46. The molecule has 0 amide bonds. The Morgan fingerprint density at radius 3 is 2.47 bits per heavy atom. The molecule has 0 spiro atoms. The first-order valence-electron chi connectivity index (χ1n) is 5.38. The Morgan fingerprint density at radius 2 is 2.00 bits per heavy atom. The molecule has 0 unspecified atom stereocenters. The van der Waals surface area contributed by atoms with E-state index in [-0.39, 0.29) is 5.41 Å². The summed E-state index contributed by atoms with van der Waals surface area (Å²) in [6.45, 7) is 13.1. The second kappa shape index (κ2) is 4.52. The SMILES string of the molecule is C=Cc1cc(C(C)(C)C)ccc1OCC. The lowest BCUT2D eigenvalue weighted by Crippen LogP contribution is -2.11. The van der Waals surface area contributed by atoms with E-state index in [1.165, 1.54) is 5.56 Å². The molecule has 0 bridgehead atoms. The molecule has 0 saturated carbocycles.